The highest BCUT2D eigenvalue weighted by atomic mass is 19.1. The minimum absolute atomic E-state index is 0.0748. The predicted octanol–water partition coefficient (Wildman–Crippen LogP) is 3.95. The molecule has 112 valence electrons. The summed E-state index contributed by atoms with van der Waals surface area (Å²) in [5.41, 5.74) is 1.81. The van der Waals surface area contributed by atoms with E-state index in [-0.39, 0.29) is 5.82 Å². The molecule has 3 heteroatoms. The molecule has 0 aromatic heterocycles. The van der Waals surface area contributed by atoms with E-state index in [2.05, 4.69) is 37.1 Å². The van der Waals surface area contributed by atoms with Crippen molar-refractivity contribution in [3.8, 4) is 0 Å². The van der Waals surface area contributed by atoms with Crippen LogP contribution in [0.3, 0.4) is 0 Å². The molecule has 2 nitrogen and oxygen atoms in total. The lowest BCUT2D eigenvalue weighted by molar-refractivity contribution is 0.549. The van der Waals surface area contributed by atoms with Gasteiger partial charge < -0.3 is 10.2 Å². The maximum atomic E-state index is 14.3. The van der Waals surface area contributed by atoms with Gasteiger partial charge in [-0.05, 0) is 49.4 Å². The van der Waals surface area contributed by atoms with Crippen LogP contribution in [0.1, 0.15) is 45.6 Å². The number of nitrogens with one attached hydrogen (secondary N) is 1. The van der Waals surface area contributed by atoms with Crippen LogP contribution < -0.4 is 10.2 Å². The summed E-state index contributed by atoms with van der Waals surface area (Å²) in [6, 6.07) is 6.20. The maximum absolute atomic E-state index is 14.3. The number of hydrogen-bond acceptors (Lipinski definition) is 2. The molecule has 1 aromatic rings. The highest BCUT2D eigenvalue weighted by Gasteiger charge is 2.25. The molecule has 1 atom stereocenters. The third-order valence-electron chi connectivity index (χ3n) is 4.05. The number of halogens is 1. The molecule has 1 unspecified atom stereocenters. The van der Waals surface area contributed by atoms with Gasteiger partial charge in [0.25, 0.3) is 0 Å². The first-order chi connectivity index (χ1) is 9.61. The second-order valence-corrected chi connectivity index (χ2v) is 6.21. The molecule has 0 aliphatic carbocycles. The fraction of sp³-hybridized carbons (Fsp3) is 0.647. The van der Waals surface area contributed by atoms with Gasteiger partial charge in [-0.3, -0.25) is 0 Å². The third kappa shape index (κ3) is 3.72. The average Bonchev–Trinajstić information content (AvgIpc) is 2.86. The topological polar surface area (TPSA) is 15.3 Å². The van der Waals surface area contributed by atoms with Crippen LogP contribution in [0.25, 0.3) is 0 Å². The summed E-state index contributed by atoms with van der Waals surface area (Å²) in [5, 5.41) is 3.36. The third-order valence-corrected chi connectivity index (χ3v) is 4.05. The molecule has 1 aliphatic heterocycles. The standard InChI is InChI=1S/C17H27FN2/c1-4-15-6-5-9-20(15)17-8-7-14(10-16(17)18)12-19-11-13(2)3/h7-8,10,13,15,19H,4-6,9,11-12H2,1-3H3. The second-order valence-electron chi connectivity index (χ2n) is 6.21. The Morgan fingerprint density at radius 1 is 1.40 bits per heavy atom. The Kier molecular flexibility index (Phi) is 5.41. The Hall–Kier alpha value is -1.09. The SMILES string of the molecule is CCC1CCCN1c1ccc(CNCC(C)C)cc1F. The lowest BCUT2D eigenvalue weighted by Gasteiger charge is -2.26. The van der Waals surface area contributed by atoms with Gasteiger partial charge in [0.05, 0.1) is 5.69 Å². The molecule has 1 N–H and O–H groups in total. The van der Waals surface area contributed by atoms with Gasteiger partial charge in [-0.15, -0.1) is 0 Å². The molecular weight excluding hydrogens is 251 g/mol. The van der Waals surface area contributed by atoms with Crippen molar-refractivity contribution in [3.63, 3.8) is 0 Å². The summed E-state index contributed by atoms with van der Waals surface area (Å²) in [4.78, 5) is 2.24. The quantitative estimate of drug-likeness (QED) is 0.847. The van der Waals surface area contributed by atoms with Gasteiger partial charge in [0, 0.05) is 19.1 Å². The first-order valence-corrected chi connectivity index (χ1v) is 7.87. The first kappa shape index (κ1) is 15.3. The van der Waals surface area contributed by atoms with Gasteiger partial charge in [-0.1, -0.05) is 26.8 Å². The fourth-order valence-electron chi connectivity index (χ4n) is 2.98. The van der Waals surface area contributed by atoms with Gasteiger partial charge >= 0.3 is 0 Å². The summed E-state index contributed by atoms with van der Waals surface area (Å²) in [5.74, 6) is 0.545. The molecule has 0 radical (unpaired) electrons. The summed E-state index contributed by atoms with van der Waals surface area (Å²) in [7, 11) is 0. The van der Waals surface area contributed by atoms with Crippen LogP contribution in [0, 0.1) is 11.7 Å². The van der Waals surface area contributed by atoms with E-state index in [0.29, 0.717) is 12.0 Å². The predicted molar refractivity (Wildman–Crippen MR) is 83.6 cm³/mol. The Balaban J connectivity index is 2.02. The van der Waals surface area contributed by atoms with Crippen LogP contribution in [-0.2, 0) is 6.54 Å². The molecule has 1 fully saturated rings. The van der Waals surface area contributed by atoms with Crippen LogP contribution >= 0.6 is 0 Å². The molecular formula is C17H27FN2. The van der Waals surface area contributed by atoms with Gasteiger partial charge in [-0.25, -0.2) is 4.39 Å². The van der Waals surface area contributed by atoms with Gasteiger partial charge in [0.1, 0.15) is 5.82 Å². The molecule has 1 aromatic carbocycles. The Morgan fingerprint density at radius 2 is 2.20 bits per heavy atom. The Labute approximate surface area is 122 Å². The summed E-state index contributed by atoms with van der Waals surface area (Å²) >= 11 is 0. The van der Waals surface area contributed by atoms with Crippen molar-refractivity contribution >= 4 is 5.69 Å². The number of anilines is 1. The molecule has 20 heavy (non-hydrogen) atoms. The van der Waals surface area contributed by atoms with E-state index in [4.69, 9.17) is 0 Å². The minimum atomic E-state index is -0.0748. The van der Waals surface area contributed by atoms with Crippen LogP contribution in [0.5, 0.6) is 0 Å². The van der Waals surface area contributed by atoms with Crippen molar-refractivity contribution in [2.75, 3.05) is 18.0 Å². The van der Waals surface area contributed by atoms with E-state index in [1.54, 1.807) is 6.07 Å². The highest BCUT2D eigenvalue weighted by molar-refractivity contribution is 5.51. The number of hydrogen-bond donors (Lipinski definition) is 1. The van der Waals surface area contributed by atoms with Gasteiger partial charge in [0.2, 0.25) is 0 Å². The number of benzene rings is 1. The van der Waals surface area contributed by atoms with Crippen molar-refractivity contribution in [1.82, 2.24) is 5.32 Å². The van der Waals surface area contributed by atoms with Crippen molar-refractivity contribution in [2.45, 2.75) is 52.6 Å². The van der Waals surface area contributed by atoms with Gasteiger partial charge in [-0.2, -0.15) is 0 Å². The summed E-state index contributed by atoms with van der Waals surface area (Å²) in [6.45, 7) is 9.23. The molecule has 0 amide bonds. The molecule has 1 heterocycles. The Morgan fingerprint density at radius 3 is 2.85 bits per heavy atom. The van der Waals surface area contributed by atoms with Gasteiger partial charge in [0.15, 0.2) is 0 Å². The zero-order valence-corrected chi connectivity index (χ0v) is 13.0. The van der Waals surface area contributed by atoms with Crippen molar-refractivity contribution < 1.29 is 4.39 Å². The fourth-order valence-corrected chi connectivity index (χ4v) is 2.98. The normalized spacial score (nSPS) is 19.1. The van der Waals surface area contributed by atoms with E-state index in [0.717, 1.165) is 37.3 Å². The van der Waals surface area contributed by atoms with Crippen LogP contribution in [0.4, 0.5) is 10.1 Å². The second kappa shape index (κ2) is 7.07. The number of rotatable bonds is 6. The van der Waals surface area contributed by atoms with E-state index in [1.807, 2.05) is 6.07 Å². The summed E-state index contributed by atoms with van der Waals surface area (Å²) < 4.78 is 14.3. The van der Waals surface area contributed by atoms with Crippen molar-refractivity contribution in [2.24, 2.45) is 5.92 Å². The van der Waals surface area contributed by atoms with E-state index < -0.39 is 0 Å². The molecule has 0 spiro atoms. The molecule has 1 aliphatic rings. The molecule has 1 saturated heterocycles. The van der Waals surface area contributed by atoms with E-state index in [1.165, 1.54) is 12.8 Å². The highest BCUT2D eigenvalue weighted by Crippen LogP contribution is 2.29. The maximum Gasteiger partial charge on any atom is 0.146 e. The zero-order chi connectivity index (χ0) is 14.5. The molecule has 0 saturated carbocycles. The van der Waals surface area contributed by atoms with E-state index >= 15 is 0 Å². The van der Waals surface area contributed by atoms with Crippen molar-refractivity contribution in [1.29, 1.82) is 0 Å². The monoisotopic (exact) mass is 278 g/mol. The summed E-state index contributed by atoms with van der Waals surface area (Å²) in [6.07, 6.45) is 3.46. The van der Waals surface area contributed by atoms with Crippen molar-refractivity contribution in [3.05, 3.63) is 29.6 Å². The lowest BCUT2D eigenvalue weighted by Crippen LogP contribution is -2.29. The smallest absolute Gasteiger partial charge is 0.146 e. The molecule has 0 bridgehead atoms. The first-order valence-electron chi connectivity index (χ1n) is 7.87. The largest absolute Gasteiger partial charge is 0.366 e. The minimum Gasteiger partial charge on any atom is -0.366 e. The lowest BCUT2D eigenvalue weighted by atomic mass is 10.1. The number of nitrogens with zero attached hydrogens (tertiary/aromatic N) is 1. The van der Waals surface area contributed by atoms with Crippen LogP contribution in [0.2, 0.25) is 0 Å². The van der Waals surface area contributed by atoms with Crippen LogP contribution in [-0.4, -0.2) is 19.1 Å². The zero-order valence-electron chi connectivity index (χ0n) is 13.0. The van der Waals surface area contributed by atoms with E-state index in [9.17, 15) is 4.39 Å². The molecule has 2 rings (SSSR count). The van der Waals surface area contributed by atoms with Crippen LogP contribution in [0.15, 0.2) is 18.2 Å². The average molecular weight is 278 g/mol. The Bertz CT molecular complexity index is 431.